The van der Waals surface area contributed by atoms with Gasteiger partial charge in [0.15, 0.2) is 0 Å². The van der Waals surface area contributed by atoms with Crippen molar-refractivity contribution >= 4 is 0 Å². The molecular weight excluding hydrogens is 236 g/mol. The maximum Gasteiger partial charge on any atom is 0.248 e. The molecule has 1 N–H and O–H groups in total. The van der Waals surface area contributed by atoms with Crippen molar-refractivity contribution in [2.75, 3.05) is 13.1 Å². The predicted molar refractivity (Wildman–Crippen MR) is 77.5 cm³/mol. The molecule has 0 bridgehead atoms. The maximum atomic E-state index is 11.4. The van der Waals surface area contributed by atoms with Gasteiger partial charge in [-0.25, -0.2) is 0 Å². The van der Waals surface area contributed by atoms with Crippen molar-refractivity contribution in [3.63, 3.8) is 0 Å². The Kier molecular flexibility index (Phi) is 4.02. The van der Waals surface area contributed by atoms with Crippen LogP contribution in [0.15, 0.2) is 23.1 Å². The van der Waals surface area contributed by atoms with E-state index >= 15 is 0 Å². The van der Waals surface area contributed by atoms with Crippen LogP contribution in [0, 0.1) is 0 Å². The number of aromatic amines is 1. The summed E-state index contributed by atoms with van der Waals surface area (Å²) in [7, 11) is 0. The third kappa shape index (κ3) is 3.08. The highest BCUT2D eigenvalue weighted by atomic mass is 16.1. The highest BCUT2D eigenvalue weighted by Crippen LogP contribution is 2.31. The third-order valence-corrected chi connectivity index (χ3v) is 4.89. The van der Waals surface area contributed by atoms with Crippen molar-refractivity contribution in [3.05, 3.63) is 34.2 Å². The second-order valence-electron chi connectivity index (χ2n) is 6.09. The van der Waals surface area contributed by atoms with Crippen molar-refractivity contribution in [3.8, 4) is 0 Å². The highest BCUT2D eigenvalue weighted by Gasteiger charge is 2.26. The van der Waals surface area contributed by atoms with E-state index in [4.69, 9.17) is 0 Å². The van der Waals surface area contributed by atoms with Crippen LogP contribution in [0.5, 0.6) is 0 Å². The molecule has 2 fully saturated rings. The summed E-state index contributed by atoms with van der Waals surface area (Å²) in [4.78, 5) is 16.8. The fraction of sp³-hybridized carbons (Fsp3) is 0.688. The van der Waals surface area contributed by atoms with Gasteiger partial charge in [0, 0.05) is 18.3 Å². The molecule has 0 aromatic carbocycles. The fourth-order valence-corrected chi connectivity index (χ4v) is 3.76. The zero-order chi connectivity index (χ0) is 13.1. The zero-order valence-corrected chi connectivity index (χ0v) is 11.6. The average molecular weight is 260 g/mol. The Morgan fingerprint density at radius 3 is 2.47 bits per heavy atom. The molecule has 104 valence electrons. The molecule has 2 heterocycles. The number of aromatic nitrogens is 1. The Hall–Kier alpha value is -1.09. The summed E-state index contributed by atoms with van der Waals surface area (Å²) in [6.07, 6.45) is 11.3. The van der Waals surface area contributed by atoms with Crippen molar-refractivity contribution in [1.82, 2.24) is 9.88 Å². The van der Waals surface area contributed by atoms with Crippen LogP contribution in [0.3, 0.4) is 0 Å². The Morgan fingerprint density at radius 1 is 1.05 bits per heavy atom. The number of nitrogens with one attached hydrogen (secondary N) is 1. The predicted octanol–water partition coefficient (Wildman–Crippen LogP) is 2.89. The standard InChI is InChI=1S/C16H24N2O/c19-16-12-14(6-9-17-16)13-7-10-18(11-8-13)15-4-2-1-3-5-15/h6,9,12-13,15H,1-5,7-8,10-11H2,(H,17,19). The first-order valence-electron chi connectivity index (χ1n) is 7.75. The van der Waals surface area contributed by atoms with Gasteiger partial charge in [-0.3, -0.25) is 4.79 Å². The molecule has 1 aliphatic heterocycles. The molecule has 0 amide bonds. The number of nitrogens with zero attached hydrogens (tertiary/aromatic N) is 1. The zero-order valence-electron chi connectivity index (χ0n) is 11.6. The topological polar surface area (TPSA) is 36.1 Å². The summed E-state index contributed by atoms with van der Waals surface area (Å²) in [6, 6.07) is 4.69. The van der Waals surface area contributed by atoms with Crippen LogP contribution in [-0.2, 0) is 0 Å². The minimum atomic E-state index is 0.0345. The van der Waals surface area contributed by atoms with E-state index in [0.717, 1.165) is 6.04 Å². The van der Waals surface area contributed by atoms with Gasteiger partial charge < -0.3 is 9.88 Å². The highest BCUT2D eigenvalue weighted by molar-refractivity contribution is 5.16. The molecule has 1 aliphatic carbocycles. The van der Waals surface area contributed by atoms with Crippen LogP contribution in [0.1, 0.15) is 56.4 Å². The monoisotopic (exact) mass is 260 g/mol. The number of likely N-dealkylation sites (tertiary alicyclic amines) is 1. The first-order chi connectivity index (χ1) is 9.33. The molecule has 3 rings (SSSR count). The van der Waals surface area contributed by atoms with E-state index in [1.807, 2.05) is 0 Å². The number of H-pyrrole nitrogens is 1. The molecule has 0 atom stereocenters. The van der Waals surface area contributed by atoms with E-state index in [0.29, 0.717) is 5.92 Å². The number of piperidine rings is 1. The number of hydrogen-bond acceptors (Lipinski definition) is 2. The van der Waals surface area contributed by atoms with Gasteiger partial charge in [-0.15, -0.1) is 0 Å². The molecule has 0 unspecified atom stereocenters. The second kappa shape index (κ2) is 5.91. The number of pyridine rings is 1. The molecule has 1 aromatic heterocycles. The molecule has 0 spiro atoms. The molecule has 2 aliphatic rings. The largest absolute Gasteiger partial charge is 0.329 e. The number of hydrogen-bond donors (Lipinski definition) is 1. The SMILES string of the molecule is O=c1cc(C2CCN(C3CCCCC3)CC2)cc[nH]1. The first kappa shape index (κ1) is 12.9. The molecular formula is C16H24N2O. The van der Waals surface area contributed by atoms with Gasteiger partial charge in [-0.1, -0.05) is 19.3 Å². The van der Waals surface area contributed by atoms with Gasteiger partial charge in [-0.05, 0) is 56.3 Å². The van der Waals surface area contributed by atoms with Crippen molar-refractivity contribution in [2.45, 2.75) is 56.9 Å². The quantitative estimate of drug-likeness (QED) is 0.887. The van der Waals surface area contributed by atoms with Gasteiger partial charge in [0.25, 0.3) is 0 Å². The van der Waals surface area contributed by atoms with E-state index in [1.54, 1.807) is 12.3 Å². The van der Waals surface area contributed by atoms with Crippen molar-refractivity contribution in [2.24, 2.45) is 0 Å². The average Bonchev–Trinajstić information content (AvgIpc) is 2.48. The number of rotatable bonds is 2. The lowest BCUT2D eigenvalue weighted by molar-refractivity contribution is 0.122. The minimum Gasteiger partial charge on any atom is -0.329 e. The Balaban J connectivity index is 1.58. The normalized spacial score (nSPS) is 23.6. The van der Waals surface area contributed by atoms with Gasteiger partial charge in [0.05, 0.1) is 0 Å². The summed E-state index contributed by atoms with van der Waals surface area (Å²) in [5.74, 6) is 0.585. The van der Waals surface area contributed by atoms with Gasteiger partial charge in [-0.2, -0.15) is 0 Å². The lowest BCUT2D eigenvalue weighted by Gasteiger charge is -2.39. The Morgan fingerprint density at radius 2 is 1.79 bits per heavy atom. The van der Waals surface area contributed by atoms with E-state index in [1.165, 1.54) is 63.6 Å². The van der Waals surface area contributed by atoms with Gasteiger partial charge >= 0.3 is 0 Å². The summed E-state index contributed by atoms with van der Waals surface area (Å²) in [5.41, 5.74) is 1.26. The molecule has 3 heteroatoms. The Labute approximate surface area is 115 Å². The van der Waals surface area contributed by atoms with Gasteiger partial charge in [0.1, 0.15) is 0 Å². The summed E-state index contributed by atoms with van der Waals surface area (Å²) in [5, 5.41) is 0. The second-order valence-corrected chi connectivity index (χ2v) is 6.09. The van der Waals surface area contributed by atoms with Crippen LogP contribution in [0.4, 0.5) is 0 Å². The van der Waals surface area contributed by atoms with Crippen LogP contribution in [0.25, 0.3) is 0 Å². The smallest absolute Gasteiger partial charge is 0.248 e. The summed E-state index contributed by atoms with van der Waals surface area (Å²) >= 11 is 0. The van der Waals surface area contributed by atoms with Crippen LogP contribution >= 0.6 is 0 Å². The molecule has 3 nitrogen and oxygen atoms in total. The third-order valence-electron chi connectivity index (χ3n) is 4.89. The van der Waals surface area contributed by atoms with Crippen LogP contribution < -0.4 is 5.56 Å². The van der Waals surface area contributed by atoms with Crippen molar-refractivity contribution in [1.29, 1.82) is 0 Å². The molecule has 1 saturated carbocycles. The van der Waals surface area contributed by atoms with E-state index in [9.17, 15) is 4.79 Å². The van der Waals surface area contributed by atoms with Gasteiger partial charge in [0.2, 0.25) is 5.56 Å². The van der Waals surface area contributed by atoms with Crippen LogP contribution in [-0.4, -0.2) is 29.0 Å². The molecule has 0 radical (unpaired) electrons. The first-order valence-corrected chi connectivity index (χ1v) is 7.75. The van der Waals surface area contributed by atoms with E-state index in [-0.39, 0.29) is 5.56 Å². The Bertz CT molecular complexity index is 454. The van der Waals surface area contributed by atoms with Crippen LogP contribution in [0.2, 0.25) is 0 Å². The van der Waals surface area contributed by atoms with E-state index in [2.05, 4.69) is 16.0 Å². The summed E-state index contributed by atoms with van der Waals surface area (Å²) < 4.78 is 0. The minimum absolute atomic E-state index is 0.0345. The summed E-state index contributed by atoms with van der Waals surface area (Å²) in [6.45, 7) is 2.42. The molecule has 1 saturated heterocycles. The lowest BCUT2D eigenvalue weighted by atomic mass is 9.87. The molecule has 1 aromatic rings. The van der Waals surface area contributed by atoms with E-state index < -0.39 is 0 Å². The molecule has 19 heavy (non-hydrogen) atoms. The lowest BCUT2D eigenvalue weighted by Crippen LogP contribution is -2.42. The van der Waals surface area contributed by atoms with Crippen molar-refractivity contribution < 1.29 is 0 Å². The fourth-order valence-electron chi connectivity index (χ4n) is 3.76. The maximum absolute atomic E-state index is 11.4.